The third kappa shape index (κ3) is 11.8. The van der Waals surface area contributed by atoms with Gasteiger partial charge in [-0.3, -0.25) is 4.79 Å². The fraction of sp³-hybridized carbons (Fsp3) is 0.762. The number of ketones is 1. The van der Waals surface area contributed by atoms with Crippen LogP contribution in [0.15, 0.2) is 23.3 Å². The minimum Gasteiger partial charge on any atom is -0.290 e. The Morgan fingerprint density at radius 3 is 1.00 bits per heavy atom. The van der Waals surface area contributed by atoms with Crippen LogP contribution in [0.5, 0.6) is 0 Å². The number of carbonyl (C=O) groups excluding carboxylic acids is 1. The normalized spacial score (nSPS) is 11.5. The quantitative estimate of drug-likeness (QED) is 0.416. The lowest BCUT2D eigenvalue weighted by Gasteiger charge is -2.14. The average Bonchev–Trinajstić information content (AvgIpc) is 2.23. The summed E-state index contributed by atoms with van der Waals surface area (Å²) in [7, 11) is 0. The molecule has 0 aliphatic heterocycles. The molecule has 0 N–H and O–H groups in total. The van der Waals surface area contributed by atoms with Crippen molar-refractivity contribution in [3.63, 3.8) is 0 Å². The molecule has 0 aromatic rings. The fourth-order valence-corrected chi connectivity index (χ4v) is 2.94. The summed E-state index contributed by atoms with van der Waals surface area (Å²) in [6.07, 6.45) is 7.92. The SMILES string of the molecule is CC(C)CC(=CC(=O)C=C(CC(C)C)CC(C)C)CC(C)C. The van der Waals surface area contributed by atoms with Gasteiger partial charge in [-0.25, -0.2) is 0 Å². The zero-order valence-electron chi connectivity index (χ0n) is 16.2. The molecule has 0 aliphatic carbocycles. The van der Waals surface area contributed by atoms with E-state index < -0.39 is 0 Å². The fourth-order valence-electron chi connectivity index (χ4n) is 2.94. The second kappa shape index (κ2) is 10.8. The summed E-state index contributed by atoms with van der Waals surface area (Å²) in [6.45, 7) is 17.8. The summed E-state index contributed by atoms with van der Waals surface area (Å²) in [6, 6.07) is 0. The maximum atomic E-state index is 12.4. The van der Waals surface area contributed by atoms with Crippen molar-refractivity contribution < 1.29 is 4.79 Å². The molecule has 0 aromatic carbocycles. The maximum Gasteiger partial charge on any atom is 0.178 e. The summed E-state index contributed by atoms with van der Waals surface area (Å²) in [5.74, 6) is 2.60. The summed E-state index contributed by atoms with van der Waals surface area (Å²) in [4.78, 5) is 12.4. The van der Waals surface area contributed by atoms with E-state index in [-0.39, 0.29) is 5.78 Å². The molecule has 0 atom stereocenters. The lowest BCUT2D eigenvalue weighted by atomic mass is 9.92. The lowest BCUT2D eigenvalue weighted by molar-refractivity contribution is -0.110. The molecule has 22 heavy (non-hydrogen) atoms. The molecule has 0 saturated carbocycles. The lowest BCUT2D eigenvalue weighted by Crippen LogP contribution is -2.02. The molecule has 0 amide bonds. The van der Waals surface area contributed by atoms with E-state index >= 15 is 0 Å². The van der Waals surface area contributed by atoms with Gasteiger partial charge in [0.1, 0.15) is 0 Å². The molecule has 0 fully saturated rings. The first-order chi connectivity index (χ1) is 10.1. The Balaban J connectivity index is 5.11. The zero-order valence-corrected chi connectivity index (χ0v) is 16.2. The summed E-state index contributed by atoms with van der Waals surface area (Å²) in [5, 5.41) is 0. The van der Waals surface area contributed by atoms with Gasteiger partial charge in [0, 0.05) is 0 Å². The molecule has 1 heteroatoms. The van der Waals surface area contributed by atoms with Crippen LogP contribution in [0, 0.1) is 23.7 Å². The highest BCUT2D eigenvalue weighted by Gasteiger charge is 2.09. The van der Waals surface area contributed by atoms with Gasteiger partial charge in [0.2, 0.25) is 0 Å². The minimum absolute atomic E-state index is 0.188. The predicted molar refractivity (Wildman–Crippen MR) is 99.0 cm³/mol. The number of rotatable bonds is 10. The van der Waals surface area contributed by atoms with Crippen LogP contribution in [0.25, 0.3) is 0 Å². The van der Waals surface area contributed by atoms with Gasteiger partial charge in [-0.1, -0.05) is 66.5 Å². The molecule has 0 rings (SSSR count). The molecule has 0 spiro atoms. The largest absolute Gasteiger partial charge is 0.290 e. The van der Waals surface area contributed by atoms with E-state index in [1.54, 1.807) is 0 Å². The van der Waals surface area contributed by atoms with Crippen molar-refractivity contribution in [1.82, 2.24) is 0 Å². The van der Waals surface area contributed by atoms with Crippen molar-refractivity contribution in [2.75, 3.05) is 0 Å². The van der Waals surface area contributed by atoms with Gasteiger partial charge in [0.05, 0.1) is 0 Å². The van der Waals surface area contributed by atoms with Crippen LogP contribution < -0.4 is 0 Å². The number of carbonyl (C=O) groups is 1. The highest BCUT2D eigenvalue weighted by Crippen LogP contribution is 2.21. The molecule has 0 aromatic heterocycles. The molecular formula is C21H38O. The van der Waals surface area contributed by atoms with Crippen molar-refractivity contribution >= 4 is 5.78 Å². The van der Waals surface area contributed by atoms with E-state index in [0.717, 1.165) is 25.7 Å². The van der Waals surface area contributed by atoms with Crippen LogP contribution in [0.3, 0.4) is 0 Å². The standard InChI is InChI=1S/C21H38O/c1-15(2)9-19(10-16(3)4)13-21(22)14-20(11-17(5)6)12-18(7)8/h13-18H,9-12H2,1-8H3. The van der Waals surface area contributed by atoms with Crippen molar-refractivity contribution in [2.45, 2.75) is 81.1 Å². The van der Waals surface area contributed by atoms with E-state index in [4.69, 9.17) is 0 Å². The average molecular weight is 307 g/mol. The molecule has 0 heterocycles. The Hall–Kier alpha value is -0.850. The van der Waals surface area contributed by atoms with Crippen molar-refractivity contribution in [3.8, 4) is 0 Å². The molecule has 0 radical (unpaired) electrons. The molecule has 0 aliphatic rings. The van der Waals surface area contributed by atoms with Gasteiger partial charge in [0.25, 0.3) is 0 Å². The number of allylic oxidation sites excluding steroid dienone is 4. The van der Waals surface area contributed by atoms with Gasteiger partial charge < -0.3 is 0 Å². The van der Waals surface area contributed by atoms with Crippen molar-refractivity contribution in [1.29, 1.82) is 0 Å². The summed E-state index contributed by atoms with van der Waals surface area (Å²) < 4.78 is 0. The topological polar surface area (TPSA) is 17.1 Å². The maximum absolute atomic E-state index is 12.4. The van der Waals surface area contributed by atoms with E-state index in [2.05, 4.69) is 55.4 Å². The number of hydrogen-bond donors (Lipinski definition) is 0. The second-order valence-electron chi connectivity index (χ2n) is 8.40. The highest BCUT2D eigenvalue weighted by molar-refractivity contribution is 6.00. The molecule has 0 bridgehead atoms. The first-order valence-corrected chi connectivity index (χ1v) is 9.02. The Bertz CT molecular complexity index is 321. The number of hydrogen-bond acceptors (Lipinski definition) is 1. The van der Waals surface area contributed by atoms with Crippen LogP contribution in [0.4, 0.5) is 0 Å². The van der Waals surface area contributed by atoms with Crippen LogP contribution in [0.2, 0.25) is 0 Å². The smallest absolute Gasteiger partial charge is 0.178 e. The molecule has 0 unspecified atom stereocenters. The van der Waals surface area contributed by atoms with Gasteiger partial charge in [-0.05, 0) is 61.5 Å². The van der Waals surface area contributed by atoms with Crippen LogP contribution in [-0.2, 0) is 4.79 Å². The molecule has 1 nitrogen and oxygen atoms in total. The summed E-state index contributed by atoms with van der Waals surface area (Å²) in [5.41, 5.74) is 2.61. The third-order valence-corrected chi connectivity index (χ3v) is 3.37. The third-order valence-electron chi connectivity index (χ3n) is 3.37. The van der Waals surface area contributed by atoms with Gasteiger partial charge in [0.15, 0.2) is 5.78 Å². The second-order valence-corrected chi connectivity index (χ2v) is 8.40. The van der Waals surface area contributed by atoms with Crippen LogP contribution in [0.1, 0.15) is 81.1 Å². The summed E-state index contributed by atoms with van der Waals surface area (Å²) >= 11 is 0. The van der Waals surface area contributed by atoms with Gasteiger partial charge in [-0.15, -0.1) is 0 Å². The predicted octanol–water partition coefficient (Wildman–Crippen LogP) is 6.59. The molecule has 0 saturated heterocycles. The van der Waals surface area contributed by atoms with Gasteiger partial charge >= 0.3 is 0 Å². The van der Waals surface area contributed by atoms with E-state index in [1.807, 2.05) is 12.2 Å². The van der Waals surface area contributed by atoms with Crippen LogP contribution in [-0.4, -0.2) is 5.78 Å². The highest BCUT2D eigenvalue weighted by atomic mass is 16.1. The van der Waals surface area contributed by atoms with E-state index in [1.165, 1.54) is 11.1 Å². The first kappa shape index (κ1) is 21.1. The Morgan fingerprint density at radius 1 is 0.591 bits per heavy atom. The molecule has 128 valence electrons. The van der Waals surface area contributed by atoms with E-state index in [9.17, 15) is 4.79 Å². The first-order valence-electron chi connectivity index (χ1n) is 9.02. The minimum atomic E-state index is 0.188. The Kier molecular flexibility index (Phi) is 10.4. The Labute approximate surface area is 139 Å². The van der Waals surface area contributed by atoms with Gasteiger partial charge in [-0.2, -0.15) is 0 Å². The zero-order chi connectivity index (χ0) is 17.3. The molecular weight excluding hydrogens is 268 g/mol. The monoisotopic (exact) mass is 306 g/mol. The van der Waals surface area contributed by atoms with Crippen molar-refractivity contribution in [3.05, 3.63) is 23.3 Å². The Morgan fingerprint density at radius 2 is 0.818 bits per heavy atom. The van der Waals surface area contributed by atoms with Crippen molar-refractivity contribution in [2.24, 2.45) is 23.7 Å². The van der Waals surface area contributed by atoms with Crippen LogP contribution >= 0.6 is 0 Å². The van der Waals surface area contributed by atoms with E-state index in [0.29, 0.717) is 23.7 Å².